The first-order chi connectivity index (χ1) is 12.7. The van der Waals surface area contributed by atoms with Crippen LogP contribution in [-0.2, 0) is 9.59 Å². The van der Waals surface area contributed by atoms with Gasteiger partial charge in [0, 0.05) is 13.0 Å². The monoisotopic (exact) mass is 429 g/mol. The predicted molar refractivity (Wildman–Crippen MR) is 111 cm³/mol. The molecule has 6 nitrogen and oxygen atoms in total. The maximum atomic E-state index is 12.6. The van der Waals surface area contributed by atoms with Crippen molar-refractivity contribution in [1.29, 1.82) is 0 Å². The Morgan fingerprint density at radius 2 is 2.15 bits per heavy atom. The maximum absolute atomic E-state index is 12.6. The van der Waals surface area contributed by atoms with Gasteiger partial charge in [0.15, 0.2) is 11.5 Å². The Kier molecular flexibility index (Phi) is 7.52. The Hall–Kier alpha value is -1.77. The van der Waals surface area contributed by atoms with Crippen molar-refractivity contribution in [2.75, 3.05) is 13.7 Å². The molecule has 0 aromatic heterocycles. The lowest BCUT2D eigenvalue weighted by molar-refractivity contribution is -0.137. The van der Waals surface area contributed by atoms with E-state index in [9.17, 15) is 9.59 Å². The second-order valence-electron chi connectivity index (χ2n) is 6.03. The van der Waals surface area contributed by atoms with Crippen molar-refractivity contribution in [2.24, 2.45) is 0 Å². The number of halogens is 1. The van der Waals surface area contributed by atoms with Crippen LogP contribution >= 0.6 is 35.6 Å². The lowest BCUT2D eigenvalue weighted by Crippen LogP contribution is -2.29. The molecule has 146 valence electrons. The molecule has 0 bridgehead atoms. The molecule has 9 heteroatoms. The topological polar surface area (TPSA) is 76.1 Å². The highest BCUT2D eigenvalue weighted by molar-refractivity contribution is 8.26. The van der Waals surface area contributed by atoms with Gasteiger partial charge in [-0.2, -0.15) is 0 Å². The number of methoxy groups -OCH3 is 1. The molecule has 1 amide bonds. The first kappa shape index (κ1) is 21.5. The summed E-state index contributed by atoms with van der Waals surface area (Å²) in [7, 11) is 1.52. The minimum Gasteiger partial charge on any atom is -0.493 e. The van der Waals surface area contributed by atoms with Crippen molar-refractivity contribution in [3.63, 3.8) is 0 Å². The van der Waals surface area contributed by atoms with Crippen LogP contribution in [0.15, 0.2) is 17.0 Å². The summed E-state index contributed by atoms with van der Waals surface area (Å²) in [4.78, 5) is 25.1. The highest BCUT2D eigenvalue weighted by Crippen LogP contribution is 2.39. The summed E-state index contributed by atoms with van der Waals surface area (Å²) in [5.74, 6) is -0.221. The molecule has 1 fully saturated rings. The molecule has 0 aliphatic carbocycles. The van der Waals surface area contributed by atoms with Crippen molar-refractivity contribution >= 4 is 57.9 Å². The summed E-state index contributed by atoms with van der Waals surface area (Å²) >= 11 is 12.7. The van der Waals surface area contributed by atoms with E-state index in [-0.39, 0.29) is 25.0 Å². The van der Waals surface area contributed by atoms with Gasteiger partial charge in [0.25, 0.3) is 5.91 Å². The van der Waals surface area contributed by atoms with Crippen molar-refractivity contribution in [2.45, 2.75) is 32.8 Å². The standard InChI is InChI=1S/C18H20ClNO5S2/c1-10(2)25-16-12(19)7-11(8-13(16)24-3)9-14-17(23)20(18(26)27-14)6-4-5-15(21)22/h7-10H,4-6H2,1-3H3,(H,21,22)/b14-9-. The molecule has 1 aliphatic rings. The van der Waals surface area contributed by atoms with Gasteiger partial charge in [-0.1, -0.05) is 35.6 Å². The molecular weight excluding hydrogens is 410 g/mol. The fourth-order valence-corrected chi connectivity index (χ4v) is 3.98. The summed E-state index contributed by atoms with van der Waals surface area (Å²) in [5, 5.41) is 9.11. The summed E-state index contributed by atoms with van der Waals surface area (Å²) in [6.45, 7) is 4.05. The third-order valence-corrected chi connectivity index (χ3v) is 5.21. The van der Waals surface area contributed by atoms with Gasteiger partial charge in [-0.3, -0.25) is 14.5 Å². The molecule has 0 unspecified atom stereocenters. The second-order valence-corrected chi connectivity index (χ2v) is 8.11. The number of rotatable bonds is 8. The second kappa shape index (κ2) is 9.43. The average molecular weight is 430 g/mol. The van der Waals surface area contributed by atoms with E-state index in [0.29, 0.717) is 37.7 Å². The molecule has 0 saturated carbocycles. The van der Waals surface area contributed by atoms with Crippen molar-refractivity contribution in [3.8, 4) is 11.5 Å². The molecule has 1 aliphatic heterocycles. The van der Waals surface area contributed by atoms with Gasteiger partial charge in [-0.05, 0) is 44.0 Å². The van der Waals surface area contributed by atoms with E-state index in [1.165, 1.54) is 23.8 Å². The molecular formula is C18H20ClNO5S2. The van der Waals surface area contributed by atoms with Crippen LogP contribution in [0.2, 0.25) is 5.02 Å². The van der Waals surface area contributed by atoms with E-state index < -0.39 is 5.97 Å². The molecule has 0 atom stereocenters. The molecule has 1 N–H and O–H groups in total. The number of benzene rings is 1. The molecule has 0 radical (unpaired) electrons. The van der Waals surface area contributed by atoms with Crippen LogP contribution in [0.5, 0.6) is 11.5 Å². The van der Waals surface area contributed by atoms with E-state index in [2.05, 4.69) is 0 Å². The highest BCUT2D eigenvalue weighted by atomic mass is 35.5. The molecule has 0 spiro atoms. The van der Waals surface area contributed by atoms with Gasteiger partial charge in [-0.15, -0.1) is 0 Å². The maximum Gasteiger partial charge on any atom is 0.303 e. The average Bonchev–Trinajstić information content (AvgIpc) is 2.83. The number of thioether (sulfide) groups is 1. The van der Waals surface area contributed by atoms with E-state index in [1.807, 2.05) is 13.8 Å². The number of hydrogen-bond acceptors (Lipinski definition) is 6. The number of carboxylic acid groups (broad SMARTS) is 1. The first-order valence-corrected chi connectivity index (χ1v) is 9.84. The van der Waals surface area contributed by atoms with E-state index in [1.54, 1.807) is 18.2 Å². The number of thiocarbonyl (C=S) groups is 1. The Balaban J connectivity index is 2.23. The third kappa shape index (κ3) is 5.60. The molecule has 1 heterocycles. The van der Waals surface area contributed by atoms with Crippen LogP contribution in [0.4, 0.5) is 0 Å². The van der Waals surface area contributed by atoms with Crippen LogP contribution in [0.1, 0.15) is 32.3 Å². The normalized spacial score (nSPS) is 15.7. The zero-order valence-electron chi connectivity index (χ0n) is 15.2. The number of carboxylic acids is 1. The van der Waals surface area contributed by atoms with E-state index in [0.717, 1.165) is 0 Å². The smallest absolute Gasteiger partial charge is 0.303 e. The number of aliphatic carboxylic acids is 1. The van der Waals surface area contributed by atoms with Crippen molar-refractivity contribution < 1.29 is 24.2 Å². The quantitative estimate of drug-likeness (QED) is 0.490. The van der Waals surface area contributed by atoms with Crippen molar-refractivity contribution in [1.82, 2.24) is 4.90 Å². The van der Waals surface area contributed by atoms with Crippen LogP contribution < -0.4 is 9.47 Å². The summed E-state index contributed by atoms with van der Waals surface area (Å²) in [6.07, 6.45) is 1.95. The Bertz CT molecular complexity index is 794. The fraction of sp³-hybridized carbons (Fsp3) is 0.389. The molecule has 27 heavy (non-hydrogen) atoms. The van der Waals surface area contributed by atoms with Crippen LogP contribution in [-0.4, -0.2) is 46.0 Å². The lowest BCUT2D eigenvalue weighted by atomic mass is 10.1. The highest BCUT2D eigenvalue weighted by Gasteiger charge is 2.31. The van der Waals surface area contributed by atoms with Gasteiger partial charge in [0.05, 0.1) is 23.1 Å². The SMILES string of the molecule is COc1cc(/C=C2\SC(=S)N(CCCC(=O)O)C2=O)cc(Cl)c1OC(C)C. The molecule has 1 saturated heterocycles. The zero-order valence-corrected chi connectivity index (χ0v) is 17.5. The number of nitrogens with zero attached hydrogens (tertiary/aromatic N) is 1. The summed E-state index contributed by atoms with van der Waals surface area (Å²) in [6, 6.07) is 3.43. The molecule has 1 aromatic rings. The van der Waals surface area contributed by atoms with Crippen molar-refractivity contribution in [3.05, 3.63) is 27.6 Å². The minimum atomic E-state index is -0.901. The Labute approximate surface area is 172 Å². The fourth-order valence-electron chi connectivity index (χ4n) is 2.41. The number of hydrogen-bond donors (Lipinski definition) is 1. The predicted octanol–water partition coefficient (Wildman–Crippen LogP) is 4.20. The Morgan fingerprint density at radius 1 is 1.44 bits per heavy atom. The third-order valence-electron chi connectivity index (χ3n) is 3.55. The largest absolute Gasteiger partial charge is 0.493 e. The van der Waals surface area contributed by atoms with Gasteiger partial charge >= 0.3 is 5.97 Å². The van der Waals surface area contributed by atoms with Gasteiger partial charge in [0.2, 0.25) is 0 Å². The molecule has 2 rings (SSSR count). The first-order valence-electron chi connectivity index (χ1n) is 8.24. The summed E-state index contributed by atoms with van der Waals surface area (Å²) in [5.41, 5.74) is 0.680. The number of carbonyl (C=O) groups excluding carboxylic acids is 1. The van der Waals surface area contributed by atoms with Crippen LogP contribution in [0.25, 0.3) is 6.08 Å². The molecule has 1 aromatic carbocycles. The minimum absolute atomic E-state index is 0.0137. The van der Waals surface area contributed by atoms with E-state index in [4.69, 9.17) is 38.4 Å². The van der Waals surface area contributed by atoms with Gasteiger partial charge < -0.3 is 14.6 Å². The van der Waals surface area contributed by atoms with Gasteiger partial charge in [-0.25, -0.2) is 0 Å². The van der Waals surface area contributed by atoms with E-state index >= 15 is 0 Å². The number of amides is 1. The van der Waals surface area contributed by atoms with Crippen LogP contribution in [0, 0.1) is 0 Å². The zero-order chi connectivity index (χ0) is 20.1. The number of carbonyl (C=O) groups is 2. The van der Waals surface area contributed by atoms with Gasteiger partial charge in [0.1, 0.15) is 4.32 Å². The lowest BCUT2D eigenvalue weighted by Gasteiger charge is -2.15. The number of ether oxygens (including phenoxy) is 2. The van der Waals surface area contributed by atoms with Crippen LogP contribution in [0.3, 0.4) is 0 Å². The summed E-state index contributed by atoms with van der Waals surface area (Å²) < 4.78 is 11.5. The Morgan fingerprint density at radius 3 is 2.74 bits per heavy atom.